The molecule has 0 spiro atoms. The first-order valence-electron chi connectivity index (χ1n) is 28.2. The Bertz CT molecular complexity index is 989. The van der Waals surface area contributed by atoms with E-state index in [0.29, 0.717) is 12.8 Å². The molecule has 1 saturated heterocycles. The summed E-state index contributed by atoms with van der Waals surface area (Å²) in [6, 6.07) is 0. The van der Waals surface area contributed by atoms with Gasteiger partial charge in [-0.25, -0.2) is 0 Å². The maximum absolute atomic E-state index is 11.8. The van der Waals surface area contributed by atoms with Crippen LogP contribution in [0.2, 0.25) is 0 Å². The van der Waals surface area contributed by atoms with Gasteiger partial charge in [-0.1, -0.05) is 204 Å². The van der Waals surface area contributed by atoms with Gasteiger partial charge in [0.15, 0.2) is 0 Å². The van der Waals surface area contributed by atoms with Crippen molar-refractivity contribution in [2.75, 3.05) is 32.8 Å². The molecule has 0 amide bonds. The zero-order chi connectivity index (χ0) is 46.1. The van der Waals surface area contributed by atoms with E-state index < -0.39 is 17.5 Å². The fourth-order valence-corrected chi connectivity index (χ4v) is 9.57. The van der Waals surface area contributed by atoms with Crippen LogP contribution in [-0.2, 0) is 14.3 Å². The smallest absolute Gasteiger partial charge is 0.303 e. The van der Waals surface area contributed by atoms with Crippen LogP contribution in [0.3, 0.4) is 0 Å². The number of morpholine rings is 1. The van der Waals surface area contributed by atoms with Crippen molar-refractivity contribution < 1.29 is 29.6 Å². The highest BCUT2D eigenvalue weighted by molar-refractivity contribution is 5.66. The van der Waals surface area contributed by atoms with Crippen LogP contribution in [0.25, 0.3) is 0 Å². The van der Waals surface area contributed by atoms with Gasteiger partial charge in [0, 0.05) is 25.9 Å². The van der Waals surface area contributed by atoms with Crippen molar-refractivity contribution in [3.8, 4) is 0 Å². The van der Waals surface area contributed by atoms with Crippen molar-refractivity contribution >= 4 is 11.9 Å². The third-order valence-electron chi connectivity index (χ3n) is 13.9. The fraction of sp³-hybridized carbons (Fsp3) is 0.895. The third kappa shape index (κ3) is 45.5. The van der Waals surface area contributed by atoms with Gasteiger partial charge in [0.05, 0.1) is 18.8 Å². The van der Waals surface area contributed by atoms with E-state index in [2.05, 4.69) is 29.2 Å². The Morgan fingerprint density at radius 1 is 0.375 bits per heavy atom. The Labute approximate surface area is 396 Å². The molecule has 1 fully saturated rings. The molecule has 1 aliphatic heterocycles. The van der Waals surface area contributed by atoms with Crippen LogP contribution in [0.15, 0.2) is 24.3 Å². The van der Waals surface area contributed by atoms with E-state index in [1.807, 2.05) is 0 Å². The number of unbranched alkanes of at least 4 members (excludes halogenated alkanes) is 35. The van der Waals surface area contributed by atoms with Gasteiger partial charge in [-0.15, -0.1) is 0 Å². The molecule has 0 atom stereocenters. The van der Waals surface area contributed by atoms with E-state index in [1.165, 1.54) is 212 Å². The Morgan fingerprint density at radius 3 is 0.922 bits per heavy atom. The normalized spacial score (nSPS) is 13.8. The summed E-state index contributed by atoms with van der Waals surface area (Å²) in [5.41, 5.74) is -0.462. The number of hydrogen-bond donors (Lipinski definition) is 3. The summed E-state index contributed by atoms with van der Waals surface area (Å²) in [4.78, 5) is 23.6. The number of carboxylic acids is 2. The molecule has 7 nitrogen and oxygen atoms in total. The Balaban J connectivity index is 2.02. The molecule has 0 radical (unpaired) electrons. The van der Waals surface area contributed by atoms with Crippen molar-refractivity contribution in [3.63, 3.8) is 0 Å². The fourth-order valence-electron chi connectivity index (χ4n) is 9.57. The largest absolute Gasteiger partial charge is 0.481 e. The lowest BCUT2D eigenvalue weighted by atomic mass is 9.85. The number of hydrogen-bond acceptors (Lipinski definition) is 5. The van der Waals surface area contributed by atoms with Gasteiger partial charge in [0.2, 0.25) is 0 Å². The lowest BCUT2D eigenvalue weighted by molar-refractivity contribution is -0.138. The molecule has 0 saturated carbocycles. The summed E-state index contributed by atoms with van der Waals surface area (Å²) >= 11 is 0. The average molecular weight is 902 g/mol. The monoisotopic (exact) mass is 902 g/mol. The summed E-state index contributed by atoms with van der Waals surface area (Å²) in [7, 11) is 0. The minimum atomic E-state index is -0.668. The first-order chi connectivity index (χ1) is 31.4. The standard InChI is InChI=1S/C57H107NO6/c59-55(60)45-39-35-31-27-23-19-15-11-7-3-1-5-9-13-17-21-25-29-33-37-41-47-57(63,49-43-44-50-58-51-53-64-54-52-58)48-42-38-34-30-26-22-18-14-10-6-2-4-8-12-16-20-24-28-32-36-40-46-56(61)62/h11-12,15-16,63H,1-10,13-14,17-54H2,(H,59,60)(H,61,62)/b15-11-,16-12-. The van der Waals surface area contributed by atoms with Gasteiger partial charge in [-0.05, 0) is 103 Å². The highest BCUT2D eigenvalue weighted by atomic mass is 16.5. The van der Waals surface area contributed by atoms with Crippen LogP contribution in [0.5, 0.6) is 0 Å². The number of carboxylic acid groups (broad SMARTS) is 2. The van der Waals surface area contributed by atoms with E-state index in [0.717, 1.165) is 97.1 Å². The second kappa shape index (κ2) is 47.8. The molecule has 64 heavy (non-hydrogen) atoms. The van der Waals surface area contributed by atoms with E-state index in [-0.39, 0.29) is 0 Å². The van der Waals surface area contributed by atoms with Crippen molar-refractivity contribution in [1.29, 1.82) is 0 Å². The molecule has 0 unspecified atom stereocenters. The lowest BCUT2D eigenvalue weighted by Crippen LogP contribution is -2.37. The maximum Gasteiger partial charge on any atom is 0.303 e. The van der Waals surface area contributed by atoms with Crippen LogP contribution in [-0.4, -0.2) is 70.6 Å². The van der Waals surface area contributed by atoms with Crippen LogP contribution in [0.4, 0.5) is 0 Å². The summed E-state index contributed by atoms with van der Waals surface area (Å²) < 4.78 is 5.54. The van der Waals surface area contributed by atoms with E-state index >= 15 is 0 Å². The molecule has 1 aliphatic rings. The molecule has 0 aromatic carbocycles. The Morgan fingerprint density at radius 2 is 0.625 bits per heavy atom. The molecular formula is C57H107NO6. The van der Waals surface area contributed by atoms with Crippen LogP contribution >= 0.6 is 0 Å². The molecule has 0 bridgehead atoms. The average Bonchev–Trinajstić information content (AvgIpc) is 3.28. The van der Waals surface area contributed by atoms with Crippen LogP contribution < -0.4 is 0 Å². The lowest BCUT2D eigenvalue weighted by Gasteiger charge is -2.30. The highest BCUT2D eigenvalue weighted by Crippen LogP contribution is 2.29. The molecular weight excluding hydrogens is 795 g/mol. The van der Waals surface area contributed by atoms with E-state index in [1.54, 1.807) is 0 Å². The number of rotatable bonds is 51. The zero-order valence-corrected chi connectivity index (χ0v) is 42.2. The number of aliphatic carboxylic acids is 2. The molecule has 0 aromatic rings. The van der Waals surface area contributed by atoms with Crippen LogP contribution in [0.1, 0.15) is 289 Å². The first kappa shape index (κ1) is 60.3. The summed E-state index contributed by atoms with van der Waals surface area (Å²) in [5.74, 6) is -1.34. The summed E-state index contributed by atoms with van der Waals surface area (Å²) in [6.45, 7) is 5.02. The van der Waals surface area contributed by atoms with Gasteiger partial charge < -0.3 is 20.1 Å². The molecule has 3 N–H and O–H groups in total. The first-order valence-corrected chi connectivity index (χ1v) is 28.2. The number of aliphatic hydroxyl groups is 1. The highest BCUT2D eigenvalue weighted by Gasteiger charge is 2.25. The van der Waals surface area contributed by atoms with Gasteiger partial charge >= 0.3 is 11.9 Å². The Kier molecular flexibility index (Phi) is 45.0. The van der Waals surface area contributed by atoms with Gasteiger partial charge in [-0.2, -0.15) is 0 Å². The molecule has 376 valence electrons. The molecule has 0 aromatic heterocycles. The molecule has 1 heterocycles. The number of ether oxygens (including phenoxy) is 1. The number of allylic oxidation sites excluding steroid dienone is 4. The minimum absolute atomic E-state index is 0.319. The summed E-state index contributed by atoms with van der Waals surface area (Å²) in [6.07, 6.45) is 63.4. The van der Waals surface area contributed by atoms with Gasteiger partial charge in [-0.3, -0.25) is 14.5 Å². The van der Waals surface area contributed by atoms with Crippen molar-refractivity contribution in [3.05, 3.63) is 24.3 Å². The maximum atomic E-state index is 11.8. The second-order valence-corrected chi connectivity index (χ2v) is 20.0. The minimum Gasteiger partial charge on any atom is -0.481 e. The zero-order valence-electron chi connectivity index (χ0n) is 42.2. The van der Waals surface area contributed by atoms with E-state index in [4.69, 9.17) is 14.9 Å². The quantitative estimate of drug-likeness (QED) is 0.0412. The predicted octanol–water partition coefficient (Wildman–Crippen LogP) is 16.9. The predicted molar refractivity (Wildman–Crippen MR) is 274 cm³/mol. The van der Waals surface area contributed by atoms with Crippen molar-refractivity contribution in [2.24, 2.45) is 0 Å². The molecule has 0 aliphatic carbocycles. The van der Waals surface area contributed by atoms with Gasteiger partial charge in [0.25, 0.3) is 0 Å². The third-order valence-corrected chi connectivity index (χ3v) is 13.9. The second-order valence-electron chi connectivity index (χ2n) is 20.0. The topological polar surface area (TPSA) is 107 Å². The van der Waals surface area contributed by atoms with Crippen molar-refractivity contribution in [2.45, 2.75) is 295 Å². The number of carbonyl (C=O) groups is 2. The molecule has 7 heteroatoms. The Hall–Kier alpha value is -1.70. The SMILES string of the molecule is O=C(O)CCCCCCC/C=C\CCCCCCCCCCCCCCC(O)(CCCCCCCCCCCCCC/C=C\CCCCCCCC(=O)O)CCCCN1CCOCC1. The van der Waals surface area contributed by atoms with Crippen molar-refractivity contribution in [1.82, 2.24) is 4.90 Å². The van der Waals surface area contributed by atoms with Crippen LogP contribution in [0, 0.1) is 0 Å². The summed E-state index contributed by atoms with van der Waals surface area (Å²) in [5, 5.41) is 29.2. The van der Waals surface area contributed by atoms with E-state index in [9.17, 15) is 14.7 Å². The van der Waals surface area contributed by atoms with Gasteiger partial charge in [0.1, 0.15) is 0 Å². The molecule has 1 rings (SSSR count). The number of nitrogens with zero attached hydrogens (tertiary/aromatic N) is 1.